The molecule has 0 bridgehead atoms. The number of likely N-dealkylation sites (tertiary alicyclic amines) is 1. The maximum Gasteiger partial charge on any atom is 0.237 e. The first-order valence-corrected chi connectivity index (χ1v) is 7.80. The number of carbonyl (C=O) groups is 1. The van der Waals surface area contributed by atoms with Crippen LogP contribution in [0, 0.1) is 11.3 Å². The van der Waals surface area contributed by atoms with E-state index in [0.717, 1.165) is 30.7 Å². The summed E-state index contributed by atoms with van der Waals surface area (Å²) in [7, 11) is 0. The van der Waals surface area contributed by atoms with Gasteiger partial charge in [0.1, 0.15) is 5.76 Å². The number of carbonyl (C=O) groups excluding carboxylic acids is 1. The highest BCUT2D eigenvalue weighted by Crippen LogP contribution is 2.21. The Hall–Kier alpha value is -2.58. The molecule has 1 unspecified atom stereocenters. The smallest absolute Gasteiger partial charge is 0.237 e. The zero-order chi connectivity index (χ0) is 16.1. The van der Waals surface area contributed by atoms with E-state index in [-0.39, 0.29) is 11.9 Å². The minimum atomic E-state index is -0.142. The van der Waals surface area contributed by atoms with E-state index in [1.54, 1.807) is 6.26 Å². The second-order valence-corrected chi connectivity index (χ2v) is 5.69. The van der Waals surface area contributed by atoms with Crippen LogP contribution in [0.15, 0.2) is 47.1 Å². The standard InChI is InChI=1S/C18H19N3O2/c19-11-14-5-1-2-6-15(14)13-21-9-3-8-17(21)18(22)20-12-16-7-4-10-23-16/h1-2,4-7,10,17H,3,8-9,12-13H2,(H,20,22). The third kappa shape index (κ3) is 3.61. The van der Waals surface area contributed by atoms with Crippen LogP contribution in [0.2, 0.25) is 0 Å². The molecule has 2 heterocycles. The highest BCUT2D eigenvalue weighted by molar-refractivity contribution is 5.82. The Morgan fingerprint density at radius 3 is 3.00 bits per heavy atom. The zero-order valence-electron chi connectivity index (χ0n) is 12.9. The number of hydrogen-bond acceptors (Lipinski definition) is 4. The molecule has 118 valence electrons. The largest absolute Gasteiger partial charge is 0.467 e. The van der Waals surface area contributed by atoms with Crippen LogP contribution < -0.4 is 5.32 Å². The van der Waals surface area contributed by atoms with Gasteiger partial charge in [0.15, 0.2) is 0 Å². The molecule has 1 N–H and O–H groups in total. The van der Waals surface area contributed by atoms with Gasteiger partial charge in [-0.25, -0.2) is 0 Å². The number of benzene rings is 1. The van der Waals surface area contributed by atoms with Crippen LogP contribution in [0.4, 0.5) is 0 Å². The summed E-state index contributed by atoms with van der Waals surface area (Å²) in [6.45, 7) is 1.91. The molecule has 1 amide bonds. The normalized spacial score (nSPS) is 17.8. The van der Waals surface area contributed by atoms with Gasteiger partial charge in [0, 0.05) is 6.54 Å². The molecule has 5 nitrogen and oxygen atoms in total. The quantitative estimate of drug-likeness (QED) is 0.921. The Morgan fingerprint density at radius 1 is 1.35 bits per heavy atom. The van der Waals surface area contributed by atoms with Crippen LogP contribution in [-0.4, -0.2) is 23.4 Å². The lowest BCUT2D eigenvalue weighted by molar-refractivity contribution is -0.125. The fraction of sp³-hybridized carbons (Fsp3) is 0.333. The first-order chi connectivity index (χ1) is 11.3. The van der Waals surface area contributed by atoms with Crippen LogP contribution in [0.3, 0.4) is 0 Å². The molecule has 5 heteroatoms. The third-order valence-electron chi connectivity index (χ3n) is 4.19. The summed E-state index contributed by atoms with van der Waals surface area (Å²) in [4.78, 5) is 14.6. The van der Waals surface area contributed by atoms with E-state index >= 15 is 0 Å². The molecule has 0 aliphatic carbocycles. The number of rotatable bonds is 5. The van der Waals surface area contributed by atoms with Crippen LogP contribution in [0.1, 0.15) is 29.7 Å². The van der Waals surface area contributed by atoms with Crippen molar-refractivity contribution in [1.29, 1.82) is 5.26 Å². The summed E-state index contributed by atoms with van der Waals surface area (Å²) in [6.07, 6.45) is 3.44. The van der Waals surface area contributed by atoms with Crippen molar-refractivity contribution in [3.8, 4) is 6.07 Å². The van der Waals surface area contributed by atoms with Crippen molar-refractivity contribution in [2.45, 2.75) is 32.0 Å². The van der Waals surface area contributed by atoms with Crippen LogP contribution >= 0.6 is 0 Å². The predicted molar refractivity (Wildman–Crippen MR) is 85.1 cm³/mol. The summed E-state index contributed by atoms with van der Waals surface area (Å²) >= 11 is 0. The van der Waals surface area contributed by atoms with E-state index in [1.165, 1.54) is 0 Å². The monoisotopic (exact) mass is 309 g/mol. The van der Waals surface area contributed by atoms with Crippen LogP contribution in [0.5, 0.6) is 0 Å². The Balaban J connectivity index is 1.63. The summed E-state index contributed by atoms with van der Waals surface area (Å²) in [6, 6.07) is 13.3. The molecular weight excluding hydrogens is 290 g/mol. The third-order valence-corrected chi connectivity index (χ3v) is 4.19. The summed E-state index contributed by atoms with van der Waals surface area (Å²) in [5.41, 5.74) is 1.65. The molecule has 1 aliphatic heterocycles. The minimum Gasteiger partial charge on any atom is -0.467 e. The molecule has 23 heavy (non-hydrogen) atoms. The first-order valence-electron chi connectivity index (χ1n) is 7.80. The van der Waals surface area contributed by atoms with E-state index in [2.05, 4.69) is 16.3 Å². The van der Waals surface area contributed by atoms with Crippen molar-refractivity contribution in [3.05, 3.63) is 59.5 Å². The predicted octanol–water partition coefficient (Wildman–Crippen LogP) is 2.43. The van der Waals surface area contributed by atoms with E-state index < -0.39 is 0 Å². The summed E-state index contributed by atoms with van der Waals surface area (Å²) < 4.78 is 5.23. The average Bonchev–Trinajstić information content (AvgIpc) is 3.25. The highest BCUT2D eigenvalue weighted by Gasteiger charge is 2.30. The van der Waals surface area contributed by atoms with Gasteiger partial charge >= 0.3 is 0 Å². The fourth-order valence-corrected chi connectivity index (χ4v) is 3.00. The van der Waals surface area contributed by atoms with Crippen LogP contribution in [-0.2, 0) is 17.9 Å². The van der Waals surface area contributed by atoms with Gasteiger partial charge in [-0.05, 0) is 43.1 Å². The molecule has 1 aromatic heterocycles. The second kappa shape index (κ2) is 7.12. The molecule has 1 saturated heterocycles. The van der Waals surface area contributed by atoms with E-state index in [1.807, 2.05) is 36.4 Å². The van der Waals surface area contributed by atoms with Crippen molar-refractivity contribution in [1.82, 2.24) is 10.2 Å². The maximum atomic E-state index is 12.4. The second-order valence-electron chi connectivity index (χ2n) is 5.69. The molecule has 0 radical (unpaired) electrons. The maximum absolute atomic E-state index is 12.4. The van der Waals surface area contributed by atoms with Crippen molar-refractivity contribution < 1.29 is 9.21 Å². The van der Waals surface area contributed by atoms with Gasteiger partial charge in [0.2, 0.25) is 5.91 Å². The average molecular weight is 309 g/mol. The topological polar surface area (TPSA) is 69.3 Å². The van der Waals surface area contributed by atoms with E-state index in [9.17, 15) is 10.1 Å². The van der Waals surface area contributed by atoms with Crippen molar-refractivity contribution in [3.63, 3.8) is 0 Å². The number of amides is 1. The molecule has 1 atom stereocenters. The van der Waals surface area contributed by atoms with Gasteiger partial charge in [0.05, 0.1) is 30.5 Å². The highest BCUT2D eigenvalue weighted by atomic mass is 16.3. The molecule has 1 aliphatic rings. The Labute approximate surface area is 135 Å². The number of furan rings is 1. The van der Waals surface area contributed by atoms with Crippen molar-refractivity contribution >= 4 is 5.91 Å². The van der Waals surface area contributed by atoms with Gasteiger partial charge in [-0.15, -0.1) is 0 Å². The molecule has 0 spiro atoms. The van der Waals surface area contributed by atoms with Crippen LogP contribution in [0.25, 0.3) is 0 Å². The molecular formula is C18H19N3O2. The lowest BCUT2D eigenvalue weighted by Crippen LogP contribution is -2.42. The fourth-order valence-electron chi connectivity index (χ4n) is 3.00. The van der Waals surface area contributed by atoms with Gasteiger partial charge in [-0.2, -0.15) is 5.26 Å². The summed E-state index contributed by atoms with van der Waals surface area (Å²) in [5.74, 6) is 0.770. The van der Waals surface area contributed by atoms with Crippen molar-refractivity contribution in [2.24, 2.45) is 0 Å². The van der Waals surface area contributed by atoms with Gasteiger partial charge in [-0.3, -0.25) is 9.69 Å². The number of nitrogens with one attached hydrogen (secondary N) is 1. The minimum absolute atomic E-state index is 0.0216. The van der Waals surface area contributed by atoms with Gasteiger partial charge in [-0.1, -0.05) is 18.2 Å². The zero-order valence-corrected chi connectivity index (χ0v) is 12.9. The van der Waals surface area contributed by atoms with Crippen molar-refractivity contribution in [2.75, 3.05) is 6.54 Å². The molecule has 2 aromatic rings. The Bertz CT molecular complexity index is 703. The van der Waals surface area contributed by atoms with Gasteiger partial charge < -0.3 is 9.73 Å². The Kier molecular flexibility index (Phi) is 4.74. The molecule has 0 saturated carbocycles. The molecule has 3 rings (SSSR count). The summed E-state index contributed by atoms with van der Waals surface area (Å²) in [5, 5.41) is 12.1. The SMILES string of the molecule is N#Cc1ccccc1CN1CCCC1C(=O)NCc1ccco1. The van der Waals surface area contributed by atoms with E-state index in [4.69, 9.17) is 4.42 Å². The number of hydrogen-bond donors (Lipinski definition) is 1. The lowest BCUT2D eigenvalue weighted by atomic mass is 10.1. The van der Waals surface area contributed by atoms with Gasteiger partial charge in [0.25, 0.3) is 0 Å². The number of nitrogens with zero attached hydrogens (tertiary/aromatic N) is 2. The number of nitriles is 1. The Morgan fingerprint density at radius 2 is 2.22 bits per heavy atom. The molecule has 1 fully saturated rings. The first kappa shape index (κ1) is 15.3. The molecule has 1 aromatic carbocycles. The van der Waals surface area contributed by atoms with E-state index in [0.29, 0.717) is 18.7 Å². The lowest BCUT2D eigenvalue weighted by Gasteiger charge is -2.24.